The molecule has 2 aliphatic rings. The van der Waals surface area contributed by atoms with Gasteiger partial charge in [0.2, 0.25) is 12.2 Å². The summed E-state index contributed by atoms with van der Waals surface area (Å²) >= 11 is 3.37. The number of aliphatic hydroxyl groups is 1. The van der Waals surface area contributed by atoms with Crippen molar-refractivity contribution in [3.8, 4) is 17.2 Å². The number of benzene rings is 6. The van der Waals surface area contributed by atoms with Gasteiger partial charge in [-0.3, -0.25) is 28.9 Å². The van der Waals surface area contributed by atoms with Crippen molar-refractivity contribution in [1.29, 1.82) is 0 Å². The Bertz CT molecular complexity index is 4070. The number of Topliss-reactive ketones (excluding diaryl/α,β-unsaturated/α-hetero) is 3. The van der Waals surface area contributed by atoms with E-state index in [0.29, 0.717) is 108 Å². The molecule has 1 amide bonds. The van der Waals surface area contributed by atoms with Crippen LogP contribution in [0.1, 0.15) is 341 Å². The monoisotopic (exact) mass is 1670 g/mol. The standard InChI is InChI=1S/C34H48FNO4.C26H33FO4.C18H24BrNO3.C15H21FO2.CH4O.Li.H2O/c1-8-13-27-21-29(30(37)10-3)31(35)28(14-9-2)32(27)40-33(26-17-15-25(16-18-26)22(4)5)34(38)39-24(7)23(6)36-19-11-12-20-36;1-6-9-19-15-21(22(28)8-3)23(27)20(10-7-2)24(19)31-25(26(29)30)18-13-11-17(12-14-18)16(4)5;1-12(2)14-6-8-15(9-7-14)16(19)18(22)23-13(3)17(21)20-10-4-5-11-20;1-4-7-10-9-12(13(17)6-3)14(16)11(8-5-2)15(10)18;1-2;;/h15-18,21-24,33H,8-14,19-20H2,1-7H3;11-16,25H,6-10H2,1-5H3,(H,29,30);6-9,12-13,16H,4-5,10-11H2,1-3H3;9,18H,4-8H2,1-3H3;2H,1H3;;1H2/q;;;;;+1;/p-1/t23?,24-,33?;;13-,16?;;;;/m1.1..../s1. The number of carbonyl (C=O) groups excluding carboxylic acids is 6. The molecule has 0 saturated carbocycles. The summed E-state index contributed by atoms with van der Waals surface area (Å²) in [6, 6.07) is 27.7. The van der Waals surface area contributed by atoms with Crippen LogP contribution in [-0.4, -0.2) is 123 Å². The Labute approximate surface area is 710 Å². The summed E-state index contributed by atoms with van der Waals surface area (Å²) in [5, 5.41) is 26.9. The fourth-order valence-electron chi connectivity index (χ4n) is 13.9. The number of ketones is 3. The fraction of sp³-hybridized carbons (Fsp3) is 0.543. The number of aliphatic carboxylic acids is 1. The number of halogens is 4. The number of carboxylic acids is 1. The van der Waals surface area contributed by atoms with Gasteiger partial charge in [0.25, 0.3) is 5.91 Å². The third-order valence-corrected chi connectivity index (χ3v) is 21.6. The number of amides is 1. The van der Waals surface area contributed by atoms with E-state index < -0.39 is 58.5 Å². The van der Waals surface area contributed by atoms with Crippen LogP contribution in [0.4, 0.5) is 13.2 Å². The summed E-state index contributed by atoms with van der Waals surface area (Å²) in [4.78, 5) is 90.6. The molecular weight excluding hydrogens is 1540 g/mol. The summed E-state index contributed by atoms with van der Waals surface area (Å²) in [6.07, 6.45) is 9.15. The topological polar surface area (TPSA) is 254 Å². The average Bonchev–Trinajstić information content (AvgIpc) is 0.974. The number of hydrogen-bond donors (Lipinski definition) is 3. The molecule has 22 heteroatoms. The Hall–Kier alpha value is -7.64. The first-order valence-electron chi connectivity index (χ1n) is 41.5. The molecule has 2 aliphatic heterocycles. The van der Waals surface area contributed by atoms with Gasteiger partial charge in [0, 0.05) is 73.3 Å². The Balaban J connectivity index is 0.000000538. The molecular formula is C94H131BrF3LiN2O15. The summed E-state index contributed by atoms with van der Waals surface area (Å²) in [5.41, 5.74) is 8.80. The Kier molecular flexibility index (Phi) is 47.7. The zero-order valence-corrected chi connectivity index (χ0v) is 74.4. The molecule has 4 unspecified atom stereocenters. The average molecular weight is 1670 g/mol. The van der Waals surface area contributed by atoms with Gasteiger partial charge in [-0.05, 0) is 173 Å². The molecule has 0 aromatic heterocycles. The number of phenolic OH excluding ortho intramolecular Hbond substituents is 1. The van der Waals surface area contributed by atoms with Crippen molar-refractivity contribution in [2.24, 2.45) is 0 Å². The molecule has 0 aliphatic carbocycles. The van der Waals surface area contributed by atoms with Crippen LogP contribution < -0.4 is 28.3 Å². The minimum Gasteiger partial charge on any atom is -0.870 e. The Morgan fingerprint density at radius 2 is 0.759 bits per heavy atom. The fourth-order valence-corrected chi connectivity index (χ4v) is 14.3. The molecule has 17 nitrogen and oxygen atoms in total. The summed E-state index contributed by atoms with van der Waals surface area (Å²) < 4.78 is 69.3. The number of rotatable bonds is 36. The first-order valence-corrected chi connectivity index (χ1v) is 42.4. The van der Waals surface area contributed by atoms with Gasteiger partial charge in [0.05, 0.1) is 16.7 Å². The van der Waals surface area contributed by atoms with Gasteiger partial charge in [-0.1, -0.05) is 231 Å². The molecule has 2 saturated heterocycles. The Morgan fingerprint density at radius 3 is 1.12 bits per heavy atom. The van der Waals surface area contributed by atoms with Crippen LogP contribution in [0.2, 0.25) is 0 Å². The second-order valence-electron chi connectivity index (χ2n) is 30.4. The molecule has 8 rings (SSSR count). The zero-order valence-electron chi connectivity index (χ0n) is 72.8. The number of hydrogen-bond acceptors (Lipinski definition) is 15. The molecule has 4 N–H and O–H groups in total. The molecule has 116 heavy (non-hydrogen) atoms. The van der Waals surface area contributed by atoms with E-state index in [4.69, 9.17) is 24.1 Å². The van der Waals surface area contributed by atoms with Crippen LogP contribution in [0.15, 0.2) is 91.0 Å². The van der Waals surface area contributed by atoms with Crippen molar-refractivity contribution in [3.63, 3.8) is 0 Å². The van der Waals surface area contributed by atoms with E-state index in [1.54, 1.807) is 56.9 Å². The molecule has 2 heterocycles. The van der Waals surface area contributed by atoms with Crippen LogP contribution in [0.25, 0.3) is 0 Å². The van der Waals surface area contributed by atoms with Crippen molar-refractivity contribution in [1.82, 2.24) is 9.80 Å². The second-order valence-corrected chi connectivity index (χ2v) is 31.3. The molecule has 636 valence electrons. The first kappa shape index (κ1) is 104. The number of nitrogens with zero attached hydrogens (tertiary/aromatic N) is 2. The van der Waals surface area contributed by atoms with Crippen molar-refractivity contribution in [2.75, 3.05) is 33.3 Å². The van der Waals surface area contributed by atoms with Crippen molar-refractivity contribution in [2.45, 2.75) is 300 Å². The van der Waals surface area contributed by atoms with Gasteiger partial charge in [0.15, 0.2) is 23.5 Å². The summed E-state index contributed by atoms with van der Waals surface area (Å²) in [6.45, 7) is 38.8. The second kappa shape index (κ2) is 53.0. The third-order valence-electron chi connectivity index (χ3n) is 20.7. The largest absolute Gasteiger partial charge is 1.00 e. The molecule has 0 bridgehead atoms. The van der Waals surface area contributed by atoms with Crippen LogP contribution in [0.5, 0.6) is 17.2 Å². The minimum atomic E-state index is -1.26. The van der Waals surface area contributed by atoms with Crippen molar-refractivity contribution in [3.05, 3.63) is 192 Å². The van der Waals surface area contributed by atoms with Crippen LogP contribution in [0.3, 0.4) is 0 Å². The maximum atomic E-state index is 15.8. The number of phenols is 1. The maximum absolute atomic E-state index is 15.8. The van der Waals surface area contributed by atoms with E-state index in [2.05, 4.69) is 69.3 Å². The molecule has 6 aromatic rings. The number of esters is 2. The zero-order chi connectivity index (χ0) is 85.2. The number of aliphatic hydroxyl groups excluding tert-OH is 1. The number of aryl methyl sites for hydroxylation is 3. The van der Waals surface area contributed by atoms with E-state index in [1.165, 1.54) is 11.6 Å². The van der Waals surface area contributed by atoms with Gasteiger partial charge < -0.3 is 44.6 Å². The quantitative estimate of drug-likeness (QED) is 0.0143. The van der Waals surface area contributed by atoms with Crippen LogP contribution >= 0.6 is 15.9 Å². The normalized spacial score (nSPS) is 13.9. The van der Waals surface area contributed by atoms with E-state index in [-0.39, 0.29) is 113 Å². The minimum absolute atomic E-state index is 0. The Morgan fingerprint density at radius 1 is 0.440 bits per heavy atom. The number of carbonyl (C=O) groups is 7. The van der Waals surface area contributed by atoms with E-state index in [9.17, 15) is 48.2 Å². The van der Waals surface area contributed by atoms with Gasteiger partial charge >= 0.3 is 36.8 Å². The van der Waals surface area contributed by atoms with Crippen molar-refractivity contribution < 1.29 is 105 Å². The first-order chi connectivity index (χ1) is 54.3. The molecule has 0 radical (unpaired) electrons. The predicted octanol–water partition coefficient (Wildman–Crippen LogP) is 18.9. The van der Waals surface area contributed by atoms with Gasteiger partial charge in [-0.15, -0.1) is 0 Å². The summed E-state index contributed by atoms with van der Waals surface area (Å²) in [7, 11) is 1.00. The number of ether oxygens (including phenoxy) is 4. The van der Waals surface area contributed by atoms with Gasteiger partial charge in [-0.2, -0.15) is 0 Å². The number of likely N-dealkylation sites (tertiary alicyclic amines) is 2. The van der Waals surface area contributed by atoms with E-state index in [0.717, 1.165) is 107 Å². The van der Waals surface area contributed by atoms with Crippen LogP contribution in [0, 0.1) is 17.5 Å². The summed E-state index contributed by atoms with van der Waals surface area (Å²) in [5.74, 6) is -2.78. The van der Waals surface area contributed by atoms with Crippen molar-refractivity contribution >= 4 is 57.1 Å². The smallest absolute Gasteiger partial charge is 0.870 e. The predicted molar refractivity (Wildman–Crippen MR) is 454 cm³/mol. The maximum Gasteiger partial charge on any atom is 1.00 e. The van der Waals surface area contributed by atoms with Gasteiger partial charge in [0.1, 0.15) is 45.6 Å². The number of aromatic hydroxyl groups is 1. The SMILES string of the molecule is CC(C)c1ccc(C(Br)C(=O)O[C@H](C)C(=O)N2CCCC2)cc1.CCCc1cc(C(=O)CC)c(F)c(CCC)c1O.CCCc1cc(C(=O)CC)c(F)c(CCC)c1OC(C(=O)O)c1ccc(C(C)C)cc1.CCCc1cc(C(=O)CC)c(F)c(CCC)c1OC(C(=O)O[C@H](C)C(C)N1CCCC1)c1ccc(C(C)C)cc1.CO.[Li+].[OH-]. The molecule has 0 spiro atoms. The van der Waals surface area contributed by atoms with Gasteiger partial charge in [-0.25, -0.2) is 22.8 Å². The number of alkyl halides is 1. The molecule has 6 aromatic carbocycles. The number of carboxylic acid groups (broad SMARTS) is 1. The molecule has 6 atom stereocenters. The van der Waals surface area contributed by atoms with Crippen LogP contribution in [-0.2, 0) is 67.2 Å². The third kappa shape index (κ3) is 29.4. The molecule has 2 fully saturated rings. The van der Waals surface area contributed by atoms with E-state index >= 15 is 8.78 Å². The van der Waals surface area contributed by atoms with E-state index in [1.807, 2.05) is 109 Å².